The smallest absolute Gasteiger partial charge is 0.328 e. The van der Waals surface area contributed by atoms with Crippen LogP contribution in [0.25, 0.3) is 0 Å². The Bertz CT molecular complexity index is 254. The second-order valence-electron chi connectivity index (χ2n) is 3.53. The molecule has 0 aromatic heterocycles. The molecule has 0 saturated carbocycles. The number of amides is 2. The van der Waals surface area contributed by atoms with Crippen molar-refractivity contribution in [2.75, 3.05) is 13.7 Å². The molecule has 0 saturated heterocycles. The van der Waals surface area contributed by atoms with Gasteiger partial charge in [-0.2, -0.15) is 0 Å². The van der Waals surface area contributed by atoms with Gasteiger partial charge in [0.05, 0.1) is 7.11 Å². The number of hydrogen-bond donors (Lipinski definition) is 2. The molecule has 0 bridgehead atoms. The van der Waals surface area contributed by atoms with Crippen LogP contribution in [0.1, 0.15) is 20.3 Å². The number of hydrogen-bond acceptors (Lipinski definition) is 3. The second kappa shape index (κ2) is 7.73. The molecular formula is C11H20N2O3. The lowest BCUT2D eigenvalue weighted by atomic mass is 9.99. The zero-order valence-corrected chi connectivity index (χ0v) is 10.1. The lowest BCUT2D eigenvalue weighted by molar-refractivity contribution is -0.144. The third kappa shape index (κ3) is 4.82. The average molecular weight is 228 g/mol. The molecule has 0 fully saturated rings. The van der Waals surface area contributed by atoms with Crippen LogP contribution in [-0.2, 0) is 9.53 Å². The van der Waals surface area contributed by atoms with E-state index in [0.29, 0.717) is 6.54 Å². The Balaban J connectivity index is 4.36. The minimum Gasteiger partial charge on any atom is -0.467 e. The molecule has 5 heteroatoms. The molecule has 92 valence electrons. The fourth-order valence-corrected chi connectivity index (χ4v) is 1.15. The molecule has 0 rings (SSSR count). The van der Waals surface area contributed by atoms with Crippen molar-refractivity contribution >= 4 is 12.0 Å². The van der Waals surface area contributed by atoms with Crippen molar-refractivity contribution in [2.24, 2.45) is 5.92 Å². The topological polar surface area (TPSA) is 67.4 Å². The number of esters is 1. The Labute approximate surface area is 96.2 Å². The fraction of sp³-hybridized carbons (Fsp3) is 0.636. The first-order valence-electron chi connectivity index (χ1n) is 5.29. The summed E-state index contributed by atoms with van der Waals surface area (Å²) >= 11 is 0. The summed E-state index contributed by atoms with van der Waals surface area (Å²) in [6, 6.07) is -1.00. The van der Waals surface area contributed by atoms with Crippen LogP contribution in [-0.4, -0.2) is 31.7 Å². The summed E-state index contributed by atoms with van der Waals surface area (Å²) < 4.78 is 4.64. The molecule has 0 aliphatic heterocycles. The molecule has 0 aromatic carbocycles. The van der Waals surface area contributed by atoms with Gasteiger partial charge in [0, 0.05) is 6.54 Å². The molecule has 0 spiro atoms. The van der Waals surface area contributed by atoms with E-state index >= 15 is 0 Å². The largest absolute Gasteiger partial charge is 0.467 e. The molecule has 2 atom stereocenters. The molecule has 2 amide bonds. The standard InChI is InChI=1S/C11H20N2O3/c1-5-7-12-11(15)13-9(8(3)6-2)10(14)16-4/h5,8-9H,1,6-7H2,2-4H3,(H2,12,13,15). The number of carbonyl (C=O) groups is 2. The van der Waals surface area contributed by atoms with Crippen molar-refractivity contribution in [1.29, 1.82) is 0 Å². The van der Waals surface area contributed by atoms with Gasteiger partial charge in [-0.1, -0.05) is 26.3 Å². The second-order valence-corrected chi connectivity index (χ2v) is 3.53. The Morgan fingerprint density at radius 3 is 2.56 bits per heavy atom. The van der Waals surface area contributed by atoms with E-state index in [0.717, 1.165) is 6.42 Å². The van der Waals surface area contributed by atoms with Gasteiger partial charge < -0.3 is 15.4 Å². The fourth-order valence-electron chi connectivity index (χ4n) is 1.15. The van der Waals surface area contributed by atoms with Crippen LogP contribution in [0, 0.1) is 5.92 Å². The number of rotatable bonds is 6. The maximum absolute atomic E-state index is 11.4. The van der Waals surface area contributed by atoms with Crippen LogP contribution in [0.15, 0.2) is 12.7 Å². The summed E-state index contributed by atoms with van der Waals surface area (Å²) in [6.45, 7) is 7.67. The minimum absolute atomic E-state index is 0.0296. The molecule has 0 aliphatic rings. The molecular weight excluding hydrogens is 208 g/mol. The van der Waals surface area contributed by atoms with E-state index < -0.39 is 18.0 Å². The highest BCUT2D eigenvalue weighted by atomic mass is 16.5. The van der Waals surface area contributed by atoms with E-state index in [1.807, 2.05) is 13.8 Å². The predicted octanol–water partition coefficient (Wildman–Crippen LogP) is 1.06. The van der Waals surface area contributed by atoms with E-state index in [1.54, 1.807) is 6.08 Å². The molecule has 2 unspecified atom stereocenters. The van der Waals surface area contributed by atoms with E-state index in [-0.39, 0.29) is 5.92 Å². The van der Waals surface area contributed by atoms with Crippen molar-refractivity contribution in [3.63, 3.8) is 0 Å². The number of nitrogens with one attached hydrogen (secondary N) is 2. The van der Waals surface area contributed by atoms with Crippen molar-refractivity contribution in [2.45, 2.75) is 26.3 Å². The summed E-state index contributed by atoms with van der Waals surface area (Å²) in [5, 5.41) is 5.13. The van der Waals surface area contributed by atoms with Crippen LogP contribution < -0.4 is 10.6 Å². The van der Waals surface area contributed by atoms with Gasteiger partial charge in [0.2, 0.25) is 0 Å². The quantitative estimate of drug-likeness (QED) is 0.527. The summed E-state index contributed by atoms with van der Waals surface area (Å²) in [7, 11) is 1.31. The molecule has 0 radical (unpaired) electrons. The third-order valence-corrected chi connectivity index (χ3v) is 2.36. The first-order valence-corrected chi connectivity index (χ1v) is 5.29. The molecule has 5 nitrogen and oxygen atoms in total. The van der Waals surface area contributed by atoms with E-state index in [9.17, 15) is 9.59 Å². The normalized spacial score (nSPS) is 13.4. The SMILES string of the molecule is C=CCNC(=O)NC(C(=O)OC)C(C)CC. The monoisotopic (exact) mass is 228 g/mol. The van der Waals surface area contributed by atoms with Crippen LogP contribution in [0.2, 0.25) is 0 Å². The van der Waals surface area contributed by atoms with Gasteiger partial charge in [-0.05, 0) is 5.92 Å². The zero-order valence-electron chi connectivity index (χ0n) is 10.1. The highest BCUT2D eigenvalue weighted by Gasteiger charge is 2.26. The van der Waals surface area contributed by atoms with E-state index in [2.05, 4.69) is 21.9 Å². The van der Waals surface area contributed by atoms with Crippen LogP contribution in [0.4, 0.5) is 4.79 Å². The Morgan fingerprint density at radius 2 is 2.12 bits per heavy atom. The highest BCUT2D eigenvalue weighted by molar-refractivity contribution is 5.83. The lowest BCUT2D eigenvalue weighted by Crippen LogP contribution is -2.49. The number of urea groups is 1. The number of methoxy groups -OCH3 is 1. The summed E-state index contributed by atoms with van der Waals surface area (Å²) in [5.41, 5.74) is 0. The van der Waals surface area contributed by atoms with Crippen LogP contribution >= 0.6 is 0 Å². The molecule has 0 aromatic rings. The third-order valence-electron chi connectivity index (χ3n) is 2.36. The summed E-state index contributed by atoms with van der Waals surface area (Å²) in [4.78, 5) is 22.8. The van der Waals surface area contributed by atoms with Gasteiger partial charge in [-0.15, -0.1) is 6.58 Å². The summed E-state index contributed by atoms with van der Waals surface area (Å²) in [6.07, 6.45) is 2.34. The zero-order chi connectivity index (χ0) is 12.6. The molecule has 0 heterocycles. The highest BCUT2D eigenvalue weighted by Crippen LogP contribution is 2.08. The van der Waals surface area contributed by atoms with Gasteiger partial charge in [0.25, 0.3) is 0 Å². The lowest BCUT2D eigenvalue weighted by Gasteiger charge is -2.21. The maximum Gasteiger partial charge on any atom is 0.328 e. The Morgan fingerprint density at radius 1 is 1.50 bits per heavy atom. The van der Waals surface area contributed by atoms with Crippen LogP contribution in [0.3, 0.4) is 0 Å². The van der Waals surface area contributed by atoms with Gasteiger partial charge in [0.1, 0.15) is 6.04 Å². The van der Waals surface area contributed by atoms with E-state index in [4.69, 9.17) is 0 Å². The van der Waals surface area contributed by atoms with E-state index in [1.165, 1.54) is 7.11 Å². The minimum atomic E-state index is -0.611. The van der Waals surface area contributed by atoms with Crippen molar-refractivity contribution in [3.8, 4) is 0 Å². The molecule has 2 N–H and O–H groups in total. The summed E-state index contributed by atoms with van der Waals surface area (Å²) in [5.74, 6) is -0.398. The van der Waals surface area contributed by atoms with Crippen molar-refractivity contribution < 1.29 is 14.3 Å². The first-order chi connectivity index (χ1) is 7.56. The first kappa shape index (κ1) is 14.5. The van der Waals surface area contributed by atoms with Gasteiger partial charge >= 0.3 is 12.0 Å². The van der Waals surface area contributed by atoms with Gasteiger partial charge in [0.15, 0.2) is 0 Å². The van der Waals surface area contributed by atoms with Gasteiger partial charge in [-0.25, -0.2) is 9.59 Å². The predicted molar refractivity (Wildman–Crippen MR) is 62.0 cm³/mol. The number of ether oxygens (including phenoxy) is 1. The Hall–Kier alpha value is -1.52. The van der Waals surface area contributed by atoms with Crippen LogP contribution in [0.5, 0.6) is 0 Å². The van der Waals surface area contributed by atoms with Gasteiger partial charge in [-0.3, -0.25) is 0 Å². The average Bonchev–Trinajstić information content (AvgIpc) is 2.31. The maximum atomic E-state index is 11.4. The van der Waals surface area contributed by atoms with Crippen molar-refractivity contribution in [1.82, 2.24) is 10.6 Å². The number of carbonyl (C=O) groups excluding carboxylic acids is 2. The van der Waals surface area contributed by atoms with Crippen molar-refractivity contribution in [3.05, 3.63) is 12.7 Å². The molecule has 0 aliphatic carbocycles. The molecule has 16 heavy (non-hydrogen) atoms. The Kier molecular flexibility index (Phi) is 7.00.